The van der Waals surface area contributed by atoms with Gasteiger partial charge in [0, 0.05) is 0 Å². The zero-order valence-corrected chi connectivity index (χ0v) is 8.34. The maximum absolute atomic E-state index is 9.93. The van der Waals surface area contributed by atoms with Gasteiger partial charge in [0.15, 0.2) is 0 Å². The average molecular weight is 180 g/mol. The molecule has 0 heterocycles. The summed E-state index contributed by atoms with van der Waals surface area (Å²) in [4.78, 5) is 0. The summed E-state index contributed by atoms with van der Waals surface area (Å²) < 4.78 is 0. The van der Waals surface area contributed by atoms with Gasteiger partial charge < -0.3 is 5.11 Å². The van der Waals surface area contributed by atoms with Gasteiger partial charge in [-0.1, -0.05) is 12.8 Å². The molecule has 0 aromatic rings. The lowest BCUT2D eigenvalue weighted by atomic mass is 9.65. The fraction of sp³-hybridized carbons (Fsp3) is 1.00. The summed E-state index contributed by atoms with van der Waals surface area (Å²) in [5.74, 6) is 1.68. The van der Waals surface area contributed by atoms with E-state index in [4.69, 9.17) is 0 Å². The number of hydrogen-bond acceptors (Lipinski definition) is 1. The molecule has 1 N–H and O–H groups in total. The lowest BCUT2D eigenvalue weighted by molar-refractivity contribution is 0.0541. The number of hydrogen-bond donors (Lipinski definition) is 1. The van der Waals surface area contributed by atoms with Gasteiger partial charge in [0.1, 0.15) is 0 Å². The van der Waals surface area contributed by atoms with Crippen molar-refractivity contribution in [2.45, 2.75) is 57.5 Å². The highest BCUT2D eigenvalue weighted by molar-refractivity contribution is 5.06. The fourth-order valence-corrected chi connectivity index (χ4v) is 4.63. The highest BCUT2D eigenvalue weighted by atomic mass is 16.3. The Kier molecular flexibility index (Phi) is 1.74. The largest absolute Gasteiger partial charge is 0.393 e. The molecule has 1 heteroatoms. The van der Waals surface area contributed by atoms with Gasteiger partial charge in [-0.25, -0.2) is 0 Å². The summed E-state index contributed by atoms with van der Waals surface area (Å²) in [6.07, 6.45) is 11.0. The molecule has 3 saturated carbocycles. The van der Waals surface area contributed by atoms with Crippen molar-refractivity contribution in [2.24, 2.45) is 17.3 Å². The van der Waals surface area contributed by atoms with Gasteiger partial charge in [0.2, 0.25) is 0 Å². The Morgan fingerprint density at radius 1 is 0.923 bits per heavy atom. The SMILES string of the molecule is O[C@@H]1CC[C@]23CCCC[C@H]2CC[C@H]13. The summed E-state index contributed by atoms with van der Waals surface area (Å²) in [5, 5.41) is 9.93. The highest BCUT2D eigenvalue weighted by Crippen LogP contribution is 2.63. The van der Waals surface area contributed by atoms with Crippen molar-refractivity contribution < 1.29 is 5.11 Å². The van der Waals surface area contributed by atoms with Crippen molar-refractivity contribution in [3.05, 3.63) is 0 Å². The Balaban J connectivity index is 1.92. The number of rotatable bonds is 0. The second kappa shape index (κ2) is 2.73. The van der Waals surface area contributed by atoms with Crippen LogP contribution >= 0.6 is 0 Å². The normalized spacial score (nSPS) is 54.7. The predicted octanol–water partition coefficient (Wildman–Crippen LogP) is 2.73. The number of aliphatic hydroxyl groups is 1. The molecule has 3 rings (SSSR count). The standard InChI is InChI=1S/C12H20O/c13-11-6-8-12-7-2-1-3-9(12)4-5-10(11)12/h9-11,13H,1-8H2/t9-,10+,11+,12+/m0/s1. The highest BCUT2D eigenvalue weighted by Gasteiger charge is 2.56. The van der Waals surface area contributed by atoms with Gasteiger partial charge in [0.25, 0.3) is 0 Å². The molecular weight excluding hydrogens is 160 g/mol. The molecule has 0 aromatic heterocycles. The van der Waals surface area contributed by atoms with Crippen molar-refractivity contribution >= 4 is 0 Å². The topological polar surface area (TPSA) is 20.2 Å². The maximum Gasteiger partial charge on any atom is 0.0574 e. The van der Waals surface area contributed by atoms with Gasteiger partial charge in [-0.2, -0.15) is 0 Å². The van der Waals surface area contributed by atoms with Crippen molar-refractivity contribution in [3.63, 3.8) is 0 Å². The van der Waals surface area contributed by atoms with Crippen molar-refractivity contribution in [1.29, 1.82) is 0 Å². The van der Waals surface area contributed by atoms with E-state index in [-0.39, 0.29) is 6.10 Å². The van der Waals surface area contributed by atoms with Crippen LogP contribution in [0.15, 0.2) is 0 Å². The lowest BCUT2D eigenvalue weighted by Crippen LogP contribution is -2.33. The molecule has 3 aliphatic rings. The molecule has 74 valence electrons. The third-order valence-electron chi connectivity index (χ3n) is 5.19. The Morgan fingerprint density at radius 3 is 2.77 bits per heavy atom. The molecular formula is C12H20O. The molecule has 0 amide bonds. The van der Waals surface area contributed by atoms with E-state index in [0.29, 0.717) is 11.3 Å². The summed E-state index contributed by atoms with van der Waals surface area (Å²) in [6.45, 7) is 0. The first-order valence-electron chi connectivity index (χ1n) is 6.01. The summed E-state index contributed by atoms with van der Waals surface area (Å²) in [6, 6.07) is 0. The minimum Gasteiger partial charge on any atom is -0.393 e. The van der Waals surface area contributed by atoms with Crippen molar-refractivity contribution in [3.8, 4) is 0 Å². The Bertz CT molecular complexity index is 209. The molecule has 4 atom stereocenters. The van der Waals surface area contributed by atoms with Gasteiger partial charge in [-0.15, -0.1) is 0 Å². The molecule has 3 aliphatic carbocycles. The molecule has 0 unspecified atom stereocenters. The van der Waals surface area contributed by atoms with Crippen LogP contribution < -0.4 is 0 Å². The van der Waals surface area contributed by atoms with Crippen molar-refractivity contribution in [2.75, 3.05) is 0 Å². The quantitative estimate of drug-likeness (QED) is 0.607. The molecule has 13 heavy (non-hydrogen) atoms. The molecule has 0 saturated heterocycles. The third kappa shape index (κ3) is 0.971. The monoisotopic (exact) mass is 180 g/mol. The van der Waals surface area contributed by atoms with Crippen LogP contribution in [-0.2, 0) is 0 Å². The molecule has 0 aromatic carbocycles. The molecule has 1 spiro atoms. The van der Waals surface area contributed by atoms with Crippen LogP contribution in [-0.4, -0.2) is 11.2 Å². The Hall–Kier alpha value is -0.0400. The van der Waals surface area contributed by atoms with Gasteiger partial charge in [0.05, 0.1) is 6.10 Å². The first kappa shape index (κ1) is 8.28. The molecule has 0 bridgehead atoms. The second-order valence-corrected chi connectivity index (χ2v) is 5.47. The van der Waals surface area contributed by atoms with Crippen LogP contribution in [0.25, 0.3) is 0 Å². The summed E-state index contributed by atoms with van der Waals surface area (Å²) in [7, 11) is 0. The maximum atomic E-state index is 9.93. The van der Waals surface area contributed by atoms with E-state index in [1.807, 2.05) is 0 Å². The zero-order valence-electron chi connectivity index (χ0n) is 8.34. The Morgan fingerprint density at radius 2 is 1.85 bits per heavy atom. The van der Waals surface area contributed by atoms with E-state index in [9.17, 15) is 5.11 Å². The van der Waals surface area contributed by atoms with E-state index in [2.05, 4.69) is 0 Å². The zero-order chi connectivity index (χ0) is 8.89. The second-order valence-electron chi connectivity index (χ2n) is 5.47. The van der Waals surface area contributed by atoms with Crippen LogP contribution in [0, 0.1) is 17.3 Å². The predicted molar refractivity (Wildman–Crippen MR) is 52.4 cm³/mol. The van der Waals surface area contributed by atoms with E-state index >= 15 is 0 Å². The summed E-state index contributed by atoms with van der Waals surface area (Å²) >= 11 is 0. The van der Waals surface area contributed by atoms with Gasteiger partial charge in [-0.3, -0.25) is 0 Å². The van der Waals surface area contributed by atoms with E-state index < -0.39 is 0 Å². The first-order valence-corrected chi connectivity index (χ1v) is 6.01. The van der Waals surface area contributed by atoms with Crippen LogP contribution in [0.5, 0.6) is 0 Å². The first-order chi connectivity index (χ1) is 6.33. The average Bonchev–Trinajstić information content (AvgIpc) is 2.65. The molecule has 3 fully saturated rings. The van der Waals surface area contributed by atoms with Crippen LogP contribution in [0.1, 0.15) is 51.4 Å². The van der Waals surface area contributed by atoms with Crippen molar-refractivity contribution in [1.82, 2.24) is 0 Å². The lowest BCUT2D eigenvalue weighted by Gasteiger charge is -2.40. The van der Waals surface area contributed by atoms with Gasteiger partial charge >= 0.3 is 0 Å². The smallest absolute Gasteiger partial charge is 0.0574 e. The molecule has 0 aliphatic heterocycles. The van der Waals surface area contributed by atoms with Crippen LogP contribution in [0.4, 0.5) is 0 Å². The van der Waals surface area contributed by atoms with Crippen LogP contribution in [0.2, 0.25) is 0 Å². The van der Waals surface area contributed by atoms with Crippen LogP contribution in [0.3, 0.4) is 0 Å². The van der Waals surface area contributed by atoms with Gasteiger partial charge in [-0.05, 0) is 55.8 Å². The minimum atomic E-state index is 0.0584. The third-order valence-corrected chi connectivity index (χ3v) is 5.19. The van der Waals surface area contributed by atoms with E-state index in [0.717, 1.165) is 12.3 Å². The van der Waals surface area contributed by atoms with E-state index in [1.54, 1.807) is 0 Å². The fourth-order valence-electron chi connectivity index (χ4n) is 4.63. The Labute approximate surface area is 80.5 Å². The van der Waals surface area contributed by atoms with E-state index in [1.165, 1.54) is 44.9 Å². The minimum absolute atomic E-state index is 0.0584. The summed E-state index contributed by atoms with van der Waals surface area (Å²) in [5.41, 5.74) is 0.623. The molecule has 0 radical (unpaired) electrons. The molecule has 1 nitrogen and oxygen atoms in total. The number of aliphatic hydroxyl groups excluding tert-OH is 1.